The summed E-state index contributed by atoms with van der Waals surface area (Å²) in [6, 6.07) is 7.68. The van der Waals surface area contributed by atoms with E-state index in [-0.39, 0.29) is 12.7 Å². The summed E-state index contributed by atoms with van der Waals surface area (Å²) in [4.78, 5) is 0. The first-order valence-electron chi connectivity index (χ1n) is 6.90. The largest absolute Gasteiger partial charge is 0.490 e. The molecule has 3 N–H and O–H groups in total. The Labute approximate surface area is 109 Å². The molecule has 1 aromatic rings. The zero-order chi connectivity index (χ0) is 12.8. The highest BCUT2D eigenvalue weighted by molar-refractivity contribution is 5.27. The minimum absolute atomic E-state index is 0.0785. The minimum Gasteiger partial charge on any atom is -0.490 e. The molecule has 1 saturated carbocycles. The lowest BCUT2D eigenvalue weighted by atomic mass is 9.97. The topological polar surface area (TPSA) is 55.5 Å². The zero-order valence-corrected chi connectivity index (χ0v) is 10.8. The van der Waals surface area contributed by atoms with Gasteiger partial charge in [0.1, 0.15) is 11.9 Å². The quantitative estimate of drug-likeness (QED) is 0.806. The predicted molar refractivity (Wildman–Crippen MR) is 72.4 cm³/mol. The maximum absolute atomic E-state index is 9.01. The van der Waals surface area contributed by atoms with Crippen molar-refractivity contribution in [1.29, 1.82) is 0 Å². The number of aliphatic hydroxyl groups excluding tert-OH is 1. The number of nitrogens with two attached hydrogens (primary N) is 1. The molecular weight excluding hydrogens is 226 g/mol. The molecule has 2 rings (SSSR count). The number of hydrogen-bond acceptors (Lipinski definition) is 3. The lowest BCUT2D eigenvalue weighted by molar-refractivity contribution is 0.129. The minimum atomic E-state index is 0.0785. The molecule has 2 unspecified atom stereocenters. The Balaban J connectivity index is 2.00. The van der Waals surface area contributed by atoms with Crippen molar-refractivity contribution in [2.45, 2.75) is 44.8 Å². The molecule has 0 spiro atoms. The number of rotatable bonds is 4. The Kier molecular flexibility index (Phi) is 5.02. The monoisotopic (exact) mass is 249 g/mol. The fourth-order valence-corrected chi connectivity index (χ4v) is 2.62. The summed E-state index contributed by atoms with van der Waals surface area (Å²) in [6.45, 7) is 0.786. The second-order valence-electron chi connectivity index (χ2n) is 5.09. The van der Waals surface area contributed by atoms with Crippen LogP contribution in [-0.4, -0.2) is 17.8 Å². The van der Waals surface area contributed by atoms with E-state index in [1.54, 1.807) is 0 Å². The highest BCUT2D eigenvalue weighted by Gasteiger charge is 2.24. The third kappa shape index (κ3) is 3.47. The molecule has 3 heteroatoms. The number of hydrogen-bond donors (Lipinski definition) is 2. The van der Waals surface area contributed by atoms with Crippen molar-refractivity contribution in [2.24, 2.45) is 11.7 Å². The molecule has 0 radical (unpaired) electrons. The van der Waals surface area contributed by atoms with Crippen molar-refractivity contribution >= 4 is 0 Å². The van der Waals surface area contributed by atoms with E-state index in [1.807, 2.05) is 24.3 Å². The summed E-state index contributed by atoms with van der Waals surface area (Å²) < 4.78 is 6.08. The molecule has 0 amide bonds. The number of ether oxygens (including phenoxy) is 1. The lowest BCUT2D eigenvalue weighted by Crippen LogP contribution is -2.31. The van der Waals surface area contributed by atoms with Crippen LogP contribution in [0.15, 0.2) is 24.3 Å². The lowest BCUT2D eigenvalue weighted by Gasteiger charge is -2.25. The molecule has 0 saturated heterocycles. The summed E-state index contributed by atoms with van der Waals surface area (Å²) in [5.74, 6) is 1.36. The number of benzene rings is 1. The van der Waals surface area contributed by atoms with Gasteiger partial charge in [-0.1, -0.05) is 25.0 Å². The molecule has 18 heavy (non-hydrogen) atoms. The van der Waals surface area contributed by atoms with Crippen LogP contribution in [0.5, 0.6) is 5.75 Å². The molecule has 1 aliphatic carbocycles. The van der Waals surface area contributed by atoms with Crippen LogP contribution in [0.2, 0.25) is 0 Å². The molecule has 1 aliphatic rings. The molecule has 2 atom stereocenters. The summed E-state index contributed by atoms with van der Waals surface area (Å²) in [7, 11) is 0. The van der Waals surface area contributed by atoms with E-state index in [1.165, 1.54) is 25.7 Å². The molecule has 100 valence electrons. The van der Waals surface area contributed by atoms with Crippen molar-refractivity contribution in [1.82, 2.24) is 0 Å². The van der Waals surface area contributed by atoms with Crippen LogP contribution in [0.25, 0.3) is 0 Å². The van der Waals surface area contributed by atoms with Gasteiger partial charge in [0.25, 0.3) is 0 Å². The van der Waals surface area contributed by atoms with Gasteiger partial charge < -0.3 is 15.6 Å². The van der Waals surface area contributed by atoms with Crippen molar-refractivity contribution < 1.29 is 9.84 Å². The van der Waals surface area contributed by atoms with Crippen LogP contribution in [0, 0.1) is 5.92 Å². The van der Waals surface area contributed by atoms with Crippen LogP contribution < -0.4 is 10.5 Å². The van der Waals surface area contributed by atoms with Crippen LogP contribution in [0.4, 0.5) is 0 Å². The van der Waals surface area contributed by atoms with Gasteiger partial charge in [-0.15, -0.1) is 0 Å². The molecule has 1 aromatic carbocycles. The Morgan fingerprint density at radius 2 is 1.83 bits per heavy atom. The summed E-state index contributed by atoms with van der Waals surface area (Å²) in [6.07, 6.45) is 6.32. The second kappa shape index (κ2) is 6.76. The van der Waals surface area contributed by atoms with Gasteiger partial charge in [0.05, 0.1) is 6.61 Å². The highest BCUT2D eigenvalue weighted by atomic mass is 16.5. The molecule has 0 heterocycles. The maximum Gasteiger partial charge on any atom is 0.119 e. The van der Waals surface area contributed by atoms with Crippen molar-refractivity contribution in [3.8, 4) is 5.75 Å². The van der Waals surface area contributed by atoms with Crippen LogP contribution in [0.3, 0.4) is 0 Å². The molecule has 3 nitrogen and oxygen atoms in total. The van der Waals surface area contributed by atoms with Crippen LogP contribution in [0.1, 0.15) is 37.7 Å². The van der Waals surface area contributed by atoms with Gasteiger partial charge in [-0.25, -0.2) is 0 Å². The Morgan fingerprint density at radius 1 is 1.11 bits per heavy atom. The zero-order valence-electron chi connectivity index (χ0n) is 10.8. The van der Waals surface area contributed by atoms with Gasteiger partial charge in [0.15, 0.2) is 0 Å². The maximum atomic E-state index is 9.01. The third-order valence-electron chi connectivity index (χ3n) is 3.79. The fraction of sp³-hybridized carbons (Fsp3) is 0.600. The van der Waals surface area contributed by atoms with E-state index in [0.29, 0.717) is 12.5 Å². The summed E-state index contributed by atoms with van der Waals surface area (Å²) in [5.41, 5.74) is 6.76. The van der Waals surface area contributed by atoms with E-state index >= 15 is 0 Å². The number of aliphatic hydroxyl groups is 1. The third-order valence-corrected chi connectivity index (χ3v) is 3.79. The standard InChI is InChI=1S/C15H23NO2/c16-10-13-4-2-1-3-5-15(13)18-14-8-6-12(11-17)7-9-14/h6-9,13,15,17H,1-5,10-11,16H2. The Hall–Kier alpha value is -1.06. The first kappa shape index (κ1) is 13.4. The molecule has 0 aromatic heterocycles. The van der Waals surface area contributed by atoms with Gasteiger partial charge >= 0.3 is 0 Å². The van der Waals surface area contributed by atoms with Crippen LogP contribution in [-0.2, 0) is 6.61 Å². The molecular formula is C15H23NO2. The van der Waals surface area contributed by atoms with Gasteiger partial charge in [0, 0.05) is 5.92 Å². The SMILES string of the molecule is NCC1CCCCCC1Oc1ccc(CO)cc1. The fourth-order valence-electron chi connectivity index (χ4n) is 2.62. The molecule has 1 fully saturated rings. The molecule has 0 aliphatic heterocycles. The summed E-state index contributed by atoms with van der Waals surface area (Å²) >= 11 is 0. The van der Waals surface area contributed by atoms with Gasteiger partial charge in [0.2, 0.25) is 0 Å². The average Bonchev–Trinajstić information content (AvgIpc) is 2.64. The average molecular weight is 249 g/mol. The smallest absolute Gasteiger partial charge is 0.119 e. The molecule has 0 bridgehead atoms. The van der Waals surface area contributed by atoms with Crippen LogP contribution >= 0.6 is 0 Å². The van der Waals surface area contributed by atoms with E-state index in [9.17, 15) is 0 Å². The first-order chi connectivity index (χ1) is 8.83. The Bertz CT molecular complexity index is 350. The van der Waals surface area contributed by atoms with Crippen molar-refractivity contribution in [3.63, 3.8) is 0 Å². The van der Waals surface area contributed by atoms with E-state index in [0.717, 1.165) is 17.7 Å². The normalized spacial score (nSPS) is 24.6. The predicted octanol–water partition coefficient (Wildman–Crippen LogP) is 2.47. The van der Waals surface area contributed by atoms with Gasteiger partial charge in [-0.3, -0.25) is 0 Å². The van der Waals surface area contributed by atoms with Gasteiger partial charge in [-0.05, 0) is 43.5 Å². The van der Waals surface area contributed by atoms with Crippen molar-refractivity contribution in [3.05, 3.63) is 29.8 Å². The first-order valence-corrected chi connectivity index (χ1v) is 6.90. The Morgan fingerprint density at radius 3 is 2.50 bits per heavy atom. The van der Waals surface area contributed by atoms with E-state index in [2.05, 4.69) is 0 Å². The summed E-state index contributed by atoms with van der Waals surface area (Å²) in [5, 5.41) is 9.01. The second-order valence-corrected chi connectivity index (χ2v) is 5.09. The van der Waals surface area contributed by atoms with Gasteiger partial charge in [-0.2, -0.15) is 0 Å². The van der Waals surface area contributed by atoms with Crippen molar-refractivity contribution in [2.75, 3.05) is 6.54 Å². The van der Waals surface area contributed by atoms with E-state index in [4.69, 9.17) is 15.6 Å². The highest BCUT2D eigenvalue weighted by Crippen LogP contribution is 2.27. The van der Waals surface area contributed by atoms with E-state index < -0.39 is 0 Å².